The molecule has 0 unspecified atom stereocenters. The molecule has 106 valence electrons. The van der Waals surface area contributed by atoms with Crippen LogP contribution in [0.25, 0.3) is 0 Å². The Morgan fingerprint density at radius 2 is 2.16 bits per heavy atom. The Labute approximate surface area is 113 Å². The van der Waals surface area contributed by atoms with Crippen LogP contribution in [0.3, 0.4) is 0 Å². The molecular weight excluding hydrogens is 268 g/mol. The van der Waals surface area contributed by atoms with Gasteiger partial charge in [0.2, 0.25) is 15.9 Å². The summed E-state index contributed by atoms with van der Waals surface area (Å²) in [5.74, 6) is 1.13. The van der Waals surface area contributed by atoms with Gasteiger partial charge in [-0.3, -0.25) is 4.98 Å². The number of hydrogen-bond donors (Lipinski definition) is 0. The number of ether oxygens (including phenoxy) is 1. The molecule has 7 nitrogen and oxygen atoms in total. The molecule has 0 spiro atoms. The van der Waals surface area contributed by atoms with Gasteiger partial charge in [0.1, 0.15) is 6.10 Å². The zero-order valence-electron chi connectivity index (χ0n) is 11.3. The molecule has 0 aliphatic carbocycles. The predicted octanol–water partition coefficient (Wildman–Crippen LogP) is -0.0447. The average Bonchev–Trinajstić information content (AvgIpc) is 2.77. The van der Waals surface area contributed by atoms with E-state index in [2.05, 4.69) is 9.97 Å². The summed E-state index contributed by atoms with van der Waals surface area (Å²) in [7, 11) is 0.599. The smallest absolute Gasteiger partial charge is 0.234 e. The molecule has 1 fully saturated rings. The van der Waals surface area contributed by atoms with Crippen molar-refractivity contribution in [2.45, 2.75) is 12.5 Å². The van der Waals surface area contributed by atoms with Gasteiger partial charge in [0, 0.05) is 20.6 Å². The molecule has 0 radical (unpaired) electrons. The van der Waals surface area contributed by atoms with E-state index >= 15 is 0 Å². The Balaban J connectivity index is 2.01. The van der Waals surface area contributed by atoms with Gasteiger partial charge in [0.05, 0.1) is 25.2 Å². The molecule has 1 saturated heterocycles. The van der Waals surface area contributed by atoms with Gasteiger partial charge in [0.25, 0.3) is 0 Å². The first-order valence-electron chi connectivity index (χ1n) is 5.97. The summed E-state index contributed by atoms with van der Waals surface area (Å²) in [4.78, 5) is 10.2. The van der Waals surface area contributed by atoms with E-state index in [0.29, 0.717) is 31.2 Å². The first-order chi connectivity index (χ1) is 8.86. The fourth-order valence-electron chi connectivity index (χ4n) is 1.88. The van der Waals surface area contributed by atoms with E-state index in [-0.39, 0.29) is 6.10 Å². The quantitative estimate of drug-likeness (QED) is 0.773. The highest BCUT2D eigenvalue weighted by Gasteiger charge is 2.30. The molecular formula is C11H18N4O3S. The normalized spacial score (nSPS) is 20.5. The summed E-state index contributed by atoms with van der Waals surface area (Å²) in [6.07, 6.45) is 4.89. The monoisotopic (exact) mass is 286 g/mol. The lowest BCUT2D eigenvalue weighted by Crippen LogP contribution is -2.30. The van der Waals surface area contributed by atoms with Gasteiger partial charge in [-0.15, -0.1) is 0 Å². The topological polar surface area (TPSA) is 75.6 Å². The van der Waals surface area contributed by atoms with Gasteiger partial charge >= 0.3 is 0 Å². The summed E-state index contributed by atoms with van der Waals surface area (Å²) in [5.41, 5.74) is 0. The third-order valence-electron chi connectivity index (χ3n) is 2.92. The largest absolute Gasteiger partial charge is 0.472 e. The van der Waals surface area contributed by atoms with Crippen molar-refractivity contribution in [2.24, 2.45) is 0 Å². The second kappa shape index (κ2) is 5.30. The number of sulfonamides is 1. The Morgan fingerprint density at radius 3 is 2.74 bits per heavy atom. The van der Waals surface area contributed by atoms with E-state index in [0.717, 1.165) is 0 Å². The van der Waals surface area contributed by atoms with Gasteiger partial charge in [-0.1, -0.05) is 0 Å². The number of rotatable bonds is 4. The molecule has 0 amide bonds. The standard InChI is InChI=1S/C11H18N4O3S/c1-14(2)10-6-12-7-11(13-10)18-9-4-5-15(8-9)19(3,16)17/h6-7,9H,4-5,8H2,1-3H3/t9-/m1/s1. The predicted molar refractivity (Wildman–Crippen MR) is 71.8 cm³/mol. The molecule has 1 atom stereocenters. The van der Waals surface area contributed by atoms with Crippen LogP contribution >= 0.6 is 0 Å². The van der Waals surface area contributed by atoms with E-state index < -0.39 is 10.0 Å². The average molecular weight is 286 g/mol. The number of hydrogen-bond acceptors (Lipinski definition) is 6. The van der Waals surface area contributed by atoms with Crippen molar-refractivity contribution < 1.29 is 13.2 Å². The number of aromatic nitrogens is 2. The van der Waals surface area contributed by atoms with Crippen LogP contribution in [-0.2, 0) is 10.0 Å². The van der Waals surface area contributed by atoms with Crippen LogP contribution in [0.2, 0.25) is 0 Å². The van der Waals surface area contributed by atoms with Gasteiger partial charge in [-0.2, -0.15) is 9.29 Å². The van der Waals surface area contributed by atoms with Crippen LogP contribution in [0.5, 0.6) is 5.88 Å². The Kier molecular flexibility index (Phi) is 3.91. The highest BCUT2D eigenvalue weighted by atomic mass is 32.2. The maximum atomic E-state index is 11.4. The molecule has 1 aliphatic rings. The van der Waals surface area contributed by atoms with E-state index in [1.165, 1.54) is 16.8 Å². The van der Waals surface area contributed by atoms with Crippen molar-refractivity contribution in [3.63, 3.8) is 0 Å². The van der Waals surface area contributed by atoms with Crippen LogP contribution < -0.4 is 9.64 Å². The fraction of sp³-hybridized carbons (Fsp3) is 0.636. The summed E-state index contributed by atoms with van der Waals surface area (Å²) in [6, 6.07) is 0. The second-order valence-corrected chi connectivity index (χ2v) is 6.74. The molecule has 8 heteroatoms. The molecule has 2 rings (SSSR count). The number of anilines is 1. The molecule has 19 heavy (non-hydrogen) atoms. The summed E-state index contributed by atoms with van der Waals surface area (Å²) < 4.78 is 29.9. The van der Waals surface area contributed by atoms with Gasteiger partial charge < -0.3 is 9.64 Å². The SMILES string of the molecule is CN(C)c1cncc(O[C@@H]2CCN(S(C)(=O)=O)C2)n1. The highest BCUT2D eigenvalue weighted by Crippen LogP contribution is 2.19. The lowest BCUT2D eigenvalue weighted by atomic mass is 10.3. The van der Waals surface area contributed by atoms with Crippen molar-refractivity contribution in [3.05, 3.63) is 12.4 Å². The van der Waals surface area contributed by atoms with Crippen molar-refractivity contribution in [1.29, 1.82) is 0 Å². The molecule has 1 aromatic heterocycles. The molecule has 1 aliphatic heterocycles. The second-order valence-electron chi connectivity index (χ2n) is 4.76. The molecule has 0 aromatic carbocycles. The third kappa shape index (κ3) is 3.54. The van der Waals surface area contributed by atoms with Gasteiger partial charge in [-0.05, 0) is 6.42 Å². The Morgan fingerprint density at radius 1 is 1.42 bits per heavy atom. The first-order valence-corrected chi connectivity index (χ1v) is 7.82. The minimum Gasteiger partial charge on any atom is -0.472 e. The zero-order valence-corrected chi connectivity index (χ0v) is 12.1. The van der Waals surface area contributed by atoms with Crippen LogP contribution in [0, 0.1) is 0 Å². The maximum Gasteiger partial charge on any atom is 0.234 e. The molecule has 0 N–H and O–H groups in total. The fourth-order valence-corrected chi connectivity index (χ4v) is 2.75. The Hall–Kier alpha value is -1.41. The maximum absolute atomic E-state index is 11.4. The van der Waals surface area contributed by atoms with Crippen molar-refractivity contribution in [1.82, 2.24) is 14.3 Å². The van der Waals surface area contributed by atoms with Crippen LogP contribution in [0.1, 0.15) is 6.42 Å². The van der Waals surface area contributed by atoms with Crippen molar-refractivity contribution in [3.8, 4) is 5.88 Å². The van der Waals surface area contributed by atoms with Crippen molar-refractivity contribution >= 4 is 15.8 Å². The summed E-state index contributed by atoms with van der Waals surface area (Å²) in [6.45, 7) is 0.858. The molecule has 0 bridgehead atoms. The third-order valence-corrected chi connectivity index (χ3v) is 4.19. The first kappa shape index (κ1) is 14.0. The lowest BCUT2D eigenvalue weighted by molar-refractivity contribution is 0.206. The van der Waals surface area contributed by atoms with E-state index in [9.17, 15) is 8.42 Å². The minimum atomic E-state index is -3.14. The zero-order chi connectivity index (χ0) is 14.0. The molecule has 0 saturated carbocycles. The van der Waals surface area contributed by atoms with Crippen LogP contribution in [0.4, 0.5) is 5.82 Å². The van der Waals surface area contributed by atoms with Crippen LogP contribution in [-0.4, -0.2) is 62.2 Å². The van der Waals surface area contributed by atoms with Gasteiger partial charge in [-0.25, -0.2) is 8.42 Å². The lowest BCUT2D eigenvalue weighted by Gasteiger charge is -2.16. The van der Waals surface area contributed by atoms with E-state index in [1.807, 2.05) is 19.0 Å². The number of nitrogens with zero attached hydrogens (tertiary/aromatic N) is 4. The summed E-state index contributed by atoms with van der Waals surface area (Å²) >= 11 is 0. The summed E-state index contributed by atoms with van der Waals surface area (Å²) in [5, 5.41) is 0. The van der Waals surface area contributed by atoms with E-state index in [4.69, 9.17) is 4.74 Å². The van der Waals surface area contributed by atoms with Crippen LogP contribution in [0.15, 0.2) is 12.4 Å². The Bertz CT molecular complexity index is 547. The molecule has 2 heterocycles. The van der Waals surface area contributed by atoms with E-state index in [1.54, 1.807) is 6.20 Å². The van der Waals surface area contributed by atoms with Crippen molar-refractivity contribution in [2.75, 3.05) is 38.3 Å². The molecule has 1 aromatic rings. The highest BCUT2D eigenvalue weighted by molar-refractivity contribution is 7.88. The van der Waals surface area contributed by atoms with Gasteiger partial charge in [0.15, 0.2) is 5.82 Å². The minimum absolute atomic E-state index is 0.165.